The summed E-state index contributed by atoms with van der Waals surface area (Å²) in [6, 6.07) is 8.55. The number of fused-ring (bicyclic) bond motifs is 4. The zero-order chi connectivity index (χ0) is 16.3. The molecule has 5 rings (SSSR count). The van der Waals surface area contributed by atoms with Crippen molar-refractivity contribution in [2.45, 2.75) is 31.9 Å². The number of benzene rings is 1. The molecule has 0 saturated heterocycles. The first-order chi connectivity index (χ1) is 11.7. The van der Waals surface area contributed by atoms with Gasteiger partial charge in [-0.15, -0.1) is 0 Å². The third-order valence-electron chi connectivity index (χ3n) is 5.39. The Kier molecular flexibility index (Phi) is 2.88. The second kappa shape index (κ2) is 4.98. The zero-order valence-corrected chi connectivity index (χ0v) is 13.4. The van der Waals surface area contributed by atoms with Gasteiger partial charge in [-0.3, -0.25) is 0 Å². The van der Waals surface area contributed by atoms with Gasteiger partial charge in [0.25, 0.3) is 0 Å². The molecule has 0 amide bonds. The van der Waals surface area contributed by atoms with E-state index in [0.717, 1.165) is 35.6 Å². The summed E-state index contributed by atoms with van der Waals surface area (Å²) in [5.41, 5.74) is 5.49. The monoisotopic (exact) mass is 318 g/mol. The average Bonchev–Trinajstić information content (AvgIpc) is 3.16. The lowest BCUT2D eigenvalue weighted by Crippen LogP contribution is -2.29. The first-order valence-electron chi connectivity index (χ1n) is 8.35. The number of imidazole rings is 1. The van der Waals surface area contributed by atoms with Crippen LogP contribution < -0.4 is 0 Å². The third kappa shape index (κ3) is 1.82. The Morgan fingerprint density at radius 1 is 1.17 bits per heavy atom. The average molecular weight is 318 g/mol. The Labute approximate surface area is 140 Å². The molecule has 2 aliphatic rings. The van der Waals surface area contributed by atoms with Crippen LogP contribution in [-0.4, -0.2) is 24.6 Å². The van der Waals surface area contributed by atoms with E-state index in [2.05, 4.69) is 43.8 Å². The number of aliphatic hydroxyl groups is 1. The van der Waals surface area contributed by atoms with Crippen molar-refractivity contribution in [3.8, 4) is 11.3 Å². The summed E-state index contributed by atoms with van der Waals surface area (Å²) in [5.74, 6) is 0.864. The number of hydrogen-bond acceptors (Lipinski definition) is 4. The topological polar surface area (TPSA) is 63.8 Å². The van der Waals surface area contributed by atoms with Crippen molar-refractivity contribution in [2.24, 2.45) is 5.92 Å². The van der Waals surface area contributed by atoms with Crippen molar-refractivity contribution in [1.82, 2.24) is 19.5 Å². The minimum Gasteiger partial charge on any atom is -0.388 e. The van der Waals surface area contributed by atoms with E-state index in [4.69, 9.17) is 0 Å². The van der Waals surface area contributed by atoms with E-state index in [1.807, 2.05) is 19.4 Å². The Balaban J connectivity index is 1.62. The van der Waals surface area contributed by atoms with Crippen molar-refractivity contribution < 1.29 is 5.11 Å². The Bertz CT molecular complexity index is 933. The SMILES string of the molecule is Cc1ncc2c(n1)CC[C@H]([C@@H]1c3ccccc3-c3cncn31)[C@H]2O. The maximum Gasteiger partial charge on any atom is 0.125 e. The van der Waals surface area contributed by atoms with Crippen LogP contribution in [-0.2, 0) is 6.42 Å². The number of aliphatic hydroxyl groups excluding tert-OH is 1. The first kappa shape index (κ1) is 13.9. The molecule has 0 fully saturated rings. The minimum atomic E-state index is -0.555. The molecule has 0 bridgehead atoms. The van der Waals surface area contributed by atoms with Crippen LogP contribution in [0.25, 0.3) is 11.3 Å². The molecular weight excluding hydrogens is 300 g/mol. The maximum absolute atomic E-state index is 11.0. The molecule has 0 spiro atoms. The van der Waals surface area contributed by atoms with E-state index in [0.29, 0.717) is 0 Å². The first-order valence-corrected chi connectivity index (χ1v) is 8.35. The highest BCUT2D eigenvalue weighted by atomic mass is 16.3. The van der Waals surface area contributed by atoms with Gasteiger partial charge in [0.1, 0.15) is 5.82 Å². The van der Waals surface area contributed by atoms with Gasteiger partial charge in [-0.1, -0.05) is 24.3 Å². The molecule has 1 aliphatic heterocycles. The van der Waals surface area contributed by atoms with Gasteiger partial charge in [0.2, 0.25) is 0 Å². The lowest BCUT2D eigenvalue weighted by molar-refractivity contribution is 0.0705. The van der Waals surface area contributed by atoms with Crippen molar-refractivity contribution in [3.63, 3.8) is 0 Å². The van der Waals surface area contributed by atoms with E-state index in [-0.39, 0.29) is 12.0 Å². The second-order valence-electron chi connectivity index (χ2n) is 6.68. The fourth-order valence-corrected chi connectivity index (χ4v) is 4.31. The quantitative estimate of drug-likeness (QED) is 0.749. The molecule has 3 atom stereocenters. The molecule has 3 heterocycles. The molecular formula is C19H18N4O. The van der Waals surface area contributed by atoms with Crippen LogP contribution in [0.1, 0.15) is 41.2 Å². The highest BCUT2D eigenvalue weighted by Gasteiger charge is 2.40. The number of aryl methyl sites for hydroxylation is 2. The van der Waals surface area contributed by atoms with Crippen LogP contribution in [0.2, 0.25) is 0 Å². The number of hydrogen-bond donors (Lipinski definition) is 1. The molecule has 120 valence electrons. The Morgan fingerprint density at radius 2 is 2.04 bits per heavy atom. The second-order valence-corrected chi connectivity index (χ2v) is 6.68. The van der Waals surface area contributed by atoms with Crippen molar-refractivity contribution in [3.05, 3.63) is 65.6 Å². The summed E-state index contributed by atoms with van der Waals surface area (Å²) in [4.78, 5) is 13.1. The summed E-state index contributed by atoms with van der Waals surface area (Å²) in [7, 11) is 0. The zero-order valence-electron chi connectivity index (χ0n) is 13.4. The molecule has 2 aromatic heterocycles. The fourth-order valence-electron chi connectivity index (χ4n) is 4.31. The fraction of sp³-hybridized carbons (Fsp3) is 0.316. The predicted octanol–water partition coefficient (Wildman–Crippen LogP) is 2.85. The van der Waals surface area contributed by atoms with E-state index < -0.39 is 6.10 Å². The van der Waals surface area contributed by atoms with Crippen molar-refractivity contribution >= 4 is 0 Å². The lowest BCUT2D eigenvalue weighted by atomic mass is 9.78. The molecule has 0 unspecified atom stereocenters. The van der Waals surface area contributed by atoms with Crippen LogP contribution in [0.15, 0.2) is 43.0 Å². The third-order valence-corrected chi connectivity index (χ3v) is 5.39. The summed E-state index contributed by atoms with van der Waals surface area (Å²) in [6.45, 7) is 1.89. The largest absolute Gasteiger partial charge is 0.388 e. The highest BCUT2D eigenvalue weighted by Crippen LogP contribution is 2.49. The molecule has 1 aliphatic carbocycles. The molecule has 24 heavy (non-hydrogen) atoms. The van der Waals surface area contributed by atoms with E-state index >= 15 is 0 Å². The molecule has 1 N–H and O–H groups in total. The van der Waals surface area contributed by atoms with Crippen LogP contribution in [0.4, 0.5) is 0 Å². The molecule has 5 nitrogen and oxygen atoms in total. The molecule has 1 aromatic carbocycles. The van der Waals surface area contributed by atoms with Crippen molar-refractivity contribution in [1.29, 1.82) is 0 Å². The smallest absolute Gasteiger partial charge is 0.125 e. The van der Waals surface area contributed by atoms with Gasteiger partial charge >= 0.3 is 0 Å². The molecule has 3 aromatic rings. The van der Waals surface area contributed by atoms with Crippen LogP contribution >= 0.6 is 0 Å². The normalized spacial score (nSPS) is 24.3. The van der Waals surface area contributed by atoms with Gasteiger partial charge < -0.3 is 9.67 Å². The van der Waals surface area contributed by atoms with Gasteiger partial charge in [-0.05, 0) is 25.3 Å². The number of nitrogens with zero attached hydrogens (tertiary/aromatic N) is 4. The summed E-state index contributed by atoms with van der Waals surface area (Å²) in [6.07, 6.45) is 6.82. The van der Waals surface area contributed by atoms with Crippen molar-refractivity contribution in [2.75, 3.05) is 0 Å². The Morgan fingerprint density at radius 3 is 2.96 bits per heavy atom. The van der Waals surface area contributed by atoms with Gasteiger partial charge in [0, 0.05) is 28.9 Å². The van der Waals surface area contributed by atoms with Crippen LogP contribution in [0, 0.1) is 12.8 Å². The number of rotatable bonds is 1. The van der Waals surface area contributed by atoms with Gasteiger partial charge in [-0.2, -0.15) is 0 Å². The maximum atomic E-state index is 11.0. The Hall–Kier alpha value is -2.53. The van der Waals surface area contributed by atoms with Gasteiger partial charge in [0.15, 0.2) is 0 Å². The molecule has 0 radical (unpaired) electrons. The van der Waals surface area contributed by atoms with Crippen LogP contribution in [0.3, 0.4) is 0 Å². The van der Waals surface area contributed by atoms with E-state index in [1.165, 1.54) is 11.1 Å². The molecule has 5 heteroatoms. The lowest BCUT2D eigenvalue weighted by Gasteiger charge is -2.34. The predicted molar refractivity (Wildman–Crippen MR) is 89.3 cm³/mol. The highest BCUT2D eigenvalue weighted by molar-refractivity contribution is 5.69. The standard InChI is InChI=1S/C19H18N4O/c1-11-21-8-15-16(22-11)7-6-14(19(15)24)18-13-5-3-2-4-12(13)17-9-20-10-23(17)18/h2-5,8-10,14,18-19,24H,6-7H2,1H3/t14-,18+,19-/m1/s1. The molecule has 0 saturated carbocycles. The van der Waals surface area contributed by atoms with Gasteiger partial charge in [0.05, 0.1) is 30.4 Å². The van der Waals surface area contributed by atoms with E-state index in [1.54, 1.807) is 6.20 Å². The van der Waals surface area contributed by atoms with Gasteiger partial charge in [-0.25, -0.2) is 15.0 Å². The summed E-state index contributed by atoms with van der Waals surface area (Å²) < 4.78 is 2.21. The van der Waals surface area contributed by atoms with E-state index in [9.17, 15) is 5.11 Å². The van der Waals surface area contributed by atoms with Crippen LogP contribution in [0.5, 0.6) is 0 Å². The summed E-state index contributed by atoms with van der Waals surface area (Å²) in [5, 5.41) is 11.0. The number of aromatic nitrogens is 4. The summed E-state index contributed by atoms with van der Waals surface area (Å²) >= 11 is 0. The minimum absolute atomic E-state index is 0.0976.